The van der Waals surface area contributed by atoms with Gasteiger partial charge in [-0.1, -0.05) is 35.6 Å². The summed E-state index contributed by atoms with van der Waals surface area (Å²) in [4.78, 5) is 23.6. The summed E-state index contributed by atoms with van der Waals surface area (Å²) in [6.45, 7) is 4.23. The van der Waals surface area contributed by atoms with Gasteiger partial charge in [-0.3, -0.25) is 14.7 Å². The summed E-state index contributed by atoms with van der Waals surface area (Å²) in [7, 11) is -3.78. The minimum absolute atomic E-state index is 0.125. The minimum Gasteiger partial charge on any atom is -0.283 e. The molecule has 0 saturated carbocycles. The first-order valence-corrected chi connectivity index (χ1v) is 12.2. The van der Waals surface area contributed by atoms with E-state index in [1.807, 2.05) is 32.0 Å². The first-order chi connectivity index (χ1) is 14.8. The molecule has 4 aromatic rings. The van der Waals surface area contributed by atoms with Crippen LogP contribution in [0.25, 0.3) is 10.2 Å². The summed E-state index contributed by atoms with van der Waals surface area (Å²) in [5.74, 6) is -1.16. The molecule has 31 heavy (non-hydrogen) atoms. The van der Waals surface area contributed by atoms with Gasteiger partial charge in [0.1, 0.15) is 5.75 Å². The zero-order chi connectivity index (χ0) is 22.0. The van der Waals surface area contributed by atoms with Crippen LogP contribution in [0, 0.1) is 13.8 Å². The molecule has 0 N–H and O–H groups in total. The van der Waals surface area contributed by atoms with Crippen molar-refractivity contribution in [2.75, 3.05) is 10.7 Å². The fourth-order valence-electron chi connectivity index (χ4n) is 3.17. The van der Waals surface area contributed by atoms with E-state index in [1.54, 1.807) is 36.7 Å². The third-order valence-corrected chi connectivity index (χ3v) is 7.66. The number of benzene rings is 2. The number of sulfone groups is 1. The van der Waals surface area contributed by atoms with Gasteiger partial charge >= 0.3 is 0 Å². The number of anilines is 1. The second-order valence-corrected chi connectivity index (χ2v) is 10.3. The number of fused-ring (bicyclic) bond motifs is 1. The van der Waals surface area contributed by atoms with E-state index in [-0.39, 0.29) is 11.4 Å². The van der Waals surface area contributed by atoms with Gasteiger partial charge in [-0.05, 0) is 60.9 Å². The lowest BCUT2D eigenvalue weighted by molar-refractivity contribution is -0.116. The summed E-state index contributed by atoms with van der Waals surface area (Å²) in [5.41, 5.74) is 3.83. The molecule has 158 valence electrons. The molecule has 6 nitrogen and oxygen atoms in total. The quantitative estimate of drug-likeness (QED) is 0.436. The molecule has 0 unspecified atom stereocenters. The highest BCUT2D eigenvalue weighted by Gasteiger charge is 2.27. The Morgan fingerprint density at radius 2 is 1.77 bits per heavy atom. The largest absolute Gasteiger partial charge is 0.283 e. The molecule has 0 aliphatic carbocycles. The number of aromatic nitrogens is 2. The van der Waals surface area contributed by atoms with Crippen LogP contribution >= 0.6 is 11.3 Å². The zero-order valence-electron chi connectivity index (χ0n) is 17.1. The first-order valence-electron chi connectivity index (χ1n) is 9.68. The van der Waals surface area contributed by atoms with E-state index in [1.165, 1.54) is 28.4 Å². The molecule has 0 aliphatic heterocycles. The number of carbonyl (C=O) groups is 1. The molecule has 2 aromatic heterocycles. The number of pyridine rings is 1. The van der Waals surface area contributed by atoms with Crippen molar-refractivity contribution >= 4 is 42.4 Å². The van der Waals surface area contributed by atoms with Crippen molar-refractivity contribution in [3.8, 4) is 0 Å². The van der Waals surface area contributed by atoms with Crippen LogP contribution in [0.5, 0.6) is 0 Å². The van der Waals surface area contributed by atoms with Gasteiger partial charge in [-0.15, -0.1) is 0 Å². The van der Waals surface area contributed by atoms with E-state index in [0.29, 0.717) is 5.13 Å². The van der Waals surface area contributed by atoms with Gasteiger partial charge < -0.3 is 0 Å². The Labute approximate surface area is 185 Å². The number of aryl methyl sites for hydroxylation is 2. The average molecular weight is 452 g/mol. The molecule has 0 spiro atoms. The molecule has 1 amide bonds. The van der Waals surface area contributed by atoms with Gasteiger partial charge in [0.25, 0.3) is 0 Å². The second kappa shape index (κ2) is 8.56. The van der Waals surface area contributed by atoms with Crippen molar-refractivity contribution in [1.82, 2.24) is 9.97 Å². The van der Waals surface area contributed by atoms with Crippen molar-refractivity contribution in [3.63, 3.8) is 0 Å². The van der Waals surface area contributed by atoms with Crippen LogP contribution in [0.1, 0.15) is 16.7 Å². The summed E-state index contributed by atoms with van der Waals surface area (Å²) in [6.07, 6.45) is 3.31. The lowest BCUT2D eigenvalue weighted by Crippen LogP contribution is -2.35. The number of rotatable bonds is 6. The smallest absolute Gasteiger partial charge is 0.244 e. The van der Waals surface area contributed by atoms with Gasteiger partial charge in [0.15, 0.2) is 15.0 Å². The summed E-state index contributed by atoms with van der Waals surface area (Å²) >= 11 is 1.38. The van der Waals surface area contributed by atoms with Crippen LogP contribution in [0.15, 0.2) is 71.9 Å². The van der Waals surface area contributed by atoms with Crippen LogP contribution in [-0.4, -0.2) is 30.0 Å². The molecule has 2 aromatic carbocycles. The van der Waals surface area contributed by atoms with Gasteiger partial charge in [0.05, 0.1) is 21.7 Å². The zero-order valence-corrected chi connectivity index (χ0v) is 18.8. The summed E-state index contributed by atoms with van der Waals surface area (Å²) < 4.78 is 26.6. The van der Waals surface area contributed by atoms with Crippen LogP contribution in [0.4, 0.5) is 5.13 Å². The number of hydrogen-bond donors (Lipinski definition) is 0. The Bertz CT molecular complexity index is 1300. The molecule has 0 aliphatic rings. The Balaban J connectivity index is 1.71. The maximum absolute atomic E-state index is 13.2. The highest BCUT2D eigenvalue weighted by molar-refractivity contribution is 7.92. The molecule has 4 rings (SSSR count). The third kappa shape index (κ3) is 4.65. The molecule has 2 heterocycles. The number of thiazole rings is 1. The Kier molecular flexibility index (Phi) is 5.84. The fraction of sp³-hybridized carbons (Fsp3) is 0.174. The number of carbonyl (C=O) groups excluding carboxylic acids is 1. The molecular formula is C23H21N3O3S2. The van der Waals surface area contributed by atoms with E-state index in [0.717, 1.165) is 26.9 Å². The van der Waals surface area contributed by atoms with Gasteiger partial charge in [-0.25, -0.2) is 13.4 Å². The molecule has 0 atom stereocenters. The predicted molar refractivity (Wildman–Crippen MR) is 123 cm³/mol. The average Bonchev–Trinajstić information content (AvgIpc) is 3.15. The van der Waals surface area contributed by atoms with E-state index >= 15 is 0 Å². The van der Waals surface area contributed by atoms with E-state index in [2.05, 4.69) is 9.97 Å². The van der Waals surface area contributed by atoms with Crippen molar-refractivity contribution in [2.45, 2.75) is 25.3 Å². The van der Waals surface area contributed by atoms with Crippen molar-refractivity contribution in [2.24, 2.45) is 0 Å². The van der Waals surface area contributed by atoms with Gasteiger partial charge in [-0.2, -0.15) is 0 Å². The molecule has 8 heteroatoms. The fourth-order valence-corrected chi connectivity index (χ4v) is 5.45. The predicted octanol–water partition coefficient (Wildman–Crippen LogP) is 4.32. The summed E-state index contributed by atoms with van der Waals surface area (Å²) in [6, 6.07) is 15.7. The Hall–Kier alpha value is -3.10. The number of nitrogens with zero attached hydrogens (tertiary/aromatic N) is 3. The SMILES string of the molecule is Cc1cc2nc(N(Cc3cccnc3)C(=O)CS(=O)(=O)c3ccccc3)sc2cc1C. The molecule has 0 fully saturated rings. The summed E-state index contributed by atoms with van der Waals surface area (Å²) in [5, 5.41) is 0.470. The van der Waals surface area contributed by atoms with Gasteiger partial charge in [0.2, 0.25) is 5.91 Å². The first kappa shape index (κ1) is 21.1. The van der Waals surface area contributed by atoms with Crippen LogP contribution in [0.2, 0.25) is 0 Å². The van der Waals surface area contributed by atoms with Crippen LogP contribution < -0.4 is 4.90 Å². The maximum Gasteiger partial charge on any atom is 0.244 e. The molecular weight excluding hydrogens is 430 g/mol. The lowest BCUT2D eigenvalue weighted by Gasteiger charge is -2.20. The number of hydrogen-bond acceptors (Lipinski definition) is 6. The Morgan fingerprint density at radius 1 is 1.03 bits per heavy atom. The highest BCUT2D eigenvalue weighted by atomic mass is 32.2. The van der Waals surface area contributed by atoms with E-state index in [4.69, 9.17) is 0 Å². The normalized spacial score (nSPS) is 11.5. The second-order valence-electron chi connectivity index (χ2n) is 7.31. The van der Waals surface area contributed by atoms with E-state index < -0.39 is 21.5 Å². The number of amides is 1. The van der Waals surface area contributed by atoms with E-state index in [9.17, 15) is 13.2 Å². The molecule has 0 saturated heterocycles. The molecule has 0 radical (unpaired) electrons. The Morgan fingerprint density at radius 3 is 2.48 bits per heavy atom. The third-order valence-electron chi connectivity index (χ3n) is 5.00. The van der Waals surface area contributed by atoms with Crippen LogP contribution in [-0.2, 0) is 21.2 Å². The van der Waals surface area contributed by atoms with Crippen molar-refractivity contribution < 1.29 is 13.2 Å². The van der Waals surface area contributed by atoms with Gasteiger partial charge in [0, 0.05) is 12.4 Å². The monoisotopic (exact) mass is 451 g/mol. The van der Waals surface area contributed by atoms with Crippen LogP contribution in [0.3, 0.4) is 0 Å². The maximum atomic E-state index is 13.2. The minimum atomic E-state index is -3.78. The highest BCUT2D eigenvalue weighted by Crippen LogP contribution is 2.32. The van der Waals surface area contributed by atoms with Crippen molar-refractivity contribution in [3.05, 3.63) is 83.7 Å². The standard InChI is InChI=1S/C23H21N3O3S2/c1-16-11-20-21(12-17(16)2)30-23(25-20)26(14-18-7-6-10-24-13-18)22(27)15-31(28,29)19-8-4-3-5-9-19/h3-13H,14-15H2,1-2H3. The topological polar surface area (TPSA) is 80.2 Å². The molecule has 0 bridgehead atoms. The lowest BCUT2D eigenvalue weighted by atomic mass is 10.1. The van der Waals surface area contributed by atoms with Crippen molar-refractivity contribution in [1.29, 1.82) is 0 Å².